The molecule has 0 radical (unpaired) electrons. The lowest BCUT2D eigenvalue weighted by molar-refractivity contribution is 1.15. The highest BCUT2D eigenvalue weighted by Gasteiger charge is 2.01. The van der Waals surface area contributed by atoms with Crippen LogP contribution in [0.2, 0.25) is 5.02 Å². The van der Waals surface area contributed by atoms with Gasteiger partial charge in [0.2, 0.25) is 0 Å². The van der Waals surface area contributed by atoms with E-state index in [0.717, 1.165) is 25.2 Å². The van der Waals surface area contributed by atoms with Crippen molar-refractivity contribution in [1.82, 2.24) is 0 Å². The second-order valence-electron chi connectivity index (χ2n) is 3.60. The van der Waals surface area contributed by atoms with Crippen LogP contribution in [0.4, 0.5) is 5.69 Å². The molecule has 0 aliphatic carbocycles. The number of hydrogen-bond donors (Lipinski definition) is 1. The van der Waals surface area contributed by atoms with Gasteiger partial charge in [-0.3, -0.25) is 0 Å². The Balaban J connectivity index is 2.09. The summed E-state index contributed by atoms with van der Waals surface area (Å²) in [5.74, 6) is 0. The van der Waals surface area contributed by atoms with Crippen molar-refractivity contribution < 1.29 is 0 Å². The maximum Gasteiger partial charge on any atom is 0.0456 e. The summed E-state index contributed by atoms with van der Waals surface area (Å²) in [5, 5.41) is 4.11. The zero-order chi connectivity index (χ0) is 12.3. The molecule has 0 aliphatic heterocycles. The molecule has 0 unspecified atom stereocenters. The minimum atomic E-state index is 0.703. The Morgan fingerprint density at radius 1 is 1.00 bits per heavy atom. The fraction of sp³-hybridized carbons (Fsp3) is 0.0769. The van der Waals surface area contributed by atoms with E-state index in [1.165, 1.54) is 0 Å². The van der Waals surface area contributed by atoms with Crippen LogP contribution in [0.3, 0.4) is 0 Å². The van der Waals surface area contributed by atoms with E-state index in [2.05, 4.69) is 37.2 Å². The van der Waals surface area contributed by atoms with Gasteiger partial charge >= 0.3 is 0 Å². The van der Waals surface area contributed by atoms with Gasteiger partial charge in [0, 0.05) is 26.2 Å². The van der Waals surface area contributed by atoms with Crippen molar-refractivity contribution in [1.29, 1.82) is 0 Å². The summed E-state index contributed by atoms with van der Waals surface area (Å²) in [7, 11) is 0. The third-order valence-electron chi connectivity index (χ3n) is 2.32. The fourth-order valence-corrected chi connectivity index (χ4v) is 2.47. The summed E-state index contributed by atoms with van der Waals surface area (Å²) < 4.78 is 2.09. The van der Waals surface area contributed by atoms with Crippen molar-refractivity contribution in [3.63, 3.8) is 0 Å². The molecule has 1 nitrogen and oxygen atoms in total. The molecular weight excluding hydrogens is 365 g/mol. The Labute approximate surface area is 122 Å². The van der Waals surface area contributed by atoms with Gasteiger partial charge in [0.15, 0.2) is 0 Å². The average molecular weight is 375 g/mol. The third-order valence-corrected chi connectivity index (χ3v) is 3.67. The highest BCUT2D eigenvalue weighted by molar-refractivity contribution is 9.10. The molecule has 0 atom stereocenters. The average Bonchev–Trinajstić information content (AvgIpc) is 2.30. The van der Waals surface area contributed by atoms with E-state index in [0.29, 0.717) is 6.54 Å². The normalized spacial score (nSPS) is 10.3. The van der Waals surface area contributed by atoms with Crippen LogP contribution < -0.4 is 5.32 Å². The molecule has 2 rings (SSSR count). The van der Waals surface area contributed by atoms with Crippen molar-refractivity contribution in [2.75, 3.05) is 5.32 Å². The molecule has 0 fully saturated rings. The Hall–Kier alpha value is -0.510. The molecule has 0 saturated heterocycles. The van der Waals surface area contributed by atoms with Crippen LogP contribution in [0.25, 0.3) is 0 Å². The lowest BCUT2D eigenvalue weighted by Crippen LogP contribution is -1.99. The molecule has 0 aliphatic rings. The summed E-state index contributed by atoms with van der Waals surface area (Å²) in [5.41, 5.74) is 2.14. The summed E-state index contributed by atoms with van der Waals surface area (Å²) >= 11 is 13.0. The first-order chi connectivity index (χ1) is 8.15. The molecule has 2 aromatic carbocycles. The Morgan fingerprint density at radius 3 is 2.53 bits per heavy atom. The Bertz CT molecular complexity index is 529. The highest BCUT2D eigenvalue weighted by Crippen LogP contribution is 2.22. The predicted octanol–water partition coefficient (Wildman–Crippen LogP) is 5.48. The maximum atomic E-state index is 6.12. The van der Waals surface area contributed by atoms with E-state index in [1.54, 1.807) is 0 Å². The standard InChI is InChI=1S/C13H10Br2ClN/c14-10-2-1-3-12(7-10)17-8-9-6-11(15)4-5-13(9)16/h1-7,17H,8H2. The van der Waals surface area contributed by atoms with Gasteiger partial charge in [0.25, 0.3) is 0 Å². The minimum Gasteiger partial charge on any atom is -0.381 e. The van der Waals surface area contributed by atoms with E-state index in [9.17, 15) is 0 Å². The molecule has 2 aromatic rings. The van der Waals surface area contributed by atoms with Gasteiger partial charge in [-0.25, -0.2) is 0 Å². The zero-order valence-electron chi connectivity index (χ0n) is 8.88. The molecular formula is C13H10Br2ClN. The second-order valence-corrected chi connectivity index (χ2v) is 5.84. The van der Waals surface area contributed by atoms with Gasteiger partial charge < -0.3 is 5.32 Å². The topological polar surface area (TPSA) is 12.0 Å². The van der Waals surface area contributed by atoms with Crippen molar-refractivity contribution in [2.24, 2.45) is 0 Å². The van der Waals surface area contributed by atoms with Gasteiger partial charge in [-0.1, -0.05) is 49.5 Å². The van der Waals surface area contributed by atoms with Crippen molar-refractivity contribution in [3.05, 3.63) is 62.0 Å². The van der Waals surface area contributed by atoms with E-state index in [4.69, 9.17) is 11.6 Å². The fourth-order valence-electron chi connectivity index (χ4n) is 1.47. The highest BCUT2D eigenvalue weighted by atomic mass is 79.9. The van der Waals surface area contributed by atoms with Crippen LogP contribution in [-0.4, -0.2) is 0 Å². The maximum absolute atomic E-state index is 6.12. The van der Waals surface area contributed by atoms with Crippen LogP contribution in [0, 0.1) is 0 Å². The molecule has 0 aromatic heterocycles. The van der Waals surface area contributed by atoms with E-state index >= 15 is 0 Å². The molecule has 0 bridgehead atoms. The first-order valence-electron chi connectivity index (χ1n) is 5.08. The summed E-state index contributed by atoms with van der Waals surface area (Å²) in [6.45, 7) is 0.703. The Kier molecular flexibility index (Phi) is 4.48. The lowest BCUT2D eigenvalue weighted by atomic mass is 10.2. The SMILES string of the molecule is Clc1ccc(Br)cc1CNc1cccc(Br)c1. The molecule has 4 heteroatoms. The van der Waals surface area contributed by atoms with Gasteiger partial charge in [0.1, 0.15) is 0 Å². The van der Waals surface area contributed by atoms with E-state index in [-0.39, 0.29) is 0 Å². The number of nitrogens with one attached hydrogen (secondary N) is 1. The zero-order valence-corrected chi connectivity index (χ0v) is 12.8. The van der Waals surface area contributed by atoms with Gasteiger partial charge in [-0.15, -0.1) is 0 Å². The number of benzene rings is 2. The molecule has 1 N–H and O–H groups in total. The molecule has 88 valence electrons. The number of rotatable bonds is 3. The second kappa shape index (κ2) is 5.89. The largest absolute Gasteiger partial charge is 0.381 e. The van der Waals surface area contributed by atoms with E-state index in [1.807, 2.05) is 42.5 Å². The summed E-state index contributed by atoms with van der Waals surface area (Å²) in [4.78, 5) is 0. The molecule has 0 spiro atoms. The smallest absolute Gasteiger partial charge is 0.0456 e. The number of hydrogen-bond acceptors (Lipinski definition) is 1. The quantitative estimate of drug-likeness (QED) is 0.749. The summed E-state index contributed by atoms with van der Waals surface area (Å²) in [6.07, 6.45) is 0. The van der Waals surface area contributed by atoms with Crippen molar-refractivity contribution in [3.8, 4) is 0 Å². The van der Waals surface area contributed by atoms with Crippen LogP contribution in [0.1, 0.15) is 5.56 Å². The first kappa shape index (κ1) is 12.9. The Morgan fingerprint density at radius 2 is 1.76 bits per heavy atom. The molecule has 0 amide bonds. The van der Waals surface area contributed by atoms with Crippen LogP contribution in [0.15, 0.2) is 51.4 Å². The number of halogens is 3. The van der Waals surface area contributed by atoms with Crippen molar-refractivity contribution in [2.45, 2.75) is 6.54 Å². The third kappa shape index (κ3) is 3.73. The molecule has 17 heavy (non-hydrogen) atoms. The lowest BCUT2D eigenvalue weighted by Gasteiger charge is -2.08. The van der Waals surface area contributed by atoms with Gasteiger partial charge in [-0.2, -0.15) is 0 Å². The summed E-state index contributed by atoms with van der Waals surface area (Å²) in [6, 6.07) is 13.9. The van der Waals surface area contributed by atoms with Gasteiger partial charge in [0.05, 0.1) is 0 Å². The van der Waals surface area contributed by atoms with Crippen LogP contribution >= 0.6 is 43.5 Å². The molecule has 0 saturated carbocycles. The predicted molar refractivity (Wildman–Crippen MR) is 80.6 cm³/mol. The first-order valence-corrected chi connectivity index (χ1v) is 7.05. The number of anilines is 1. The van der Waals surface area contributed by atoms with Gasteiger partial charge in [-0.05, 0) is 42.0 Å². The van der Waals surface area contributed by atoms with E-state index < -0.39 is 0 Å². The van der Waals surface area contributed by atoms with Crippen LogP contribution in [0.5, 0.6) is 0 Å². The van der Waals surface area contributed by atoms with Crippen LogP contribution in [-0.2, 0) is 6.54 Å². The monoisotopic (exact) mass is 373 g/mol. The van der Waals surface area contributed by atoms with Crippen molar-refractivity contribution >= 4 is 49.1 Å². The molecule has 0 heterocycles. The minimum absolute atomic E-state index is 0.703.